The van der Waals surface area contributed by atoms with E-state index in [1.807, 2.05) is 29.6 Å². The van der Waals surface area contributed by atoms with Crippen LogP contribution in [0.25, 0.3) is 5.69 Å². The Balaban J connectivity index is 1.29. The van der Waals surface area contributed by atoms with Crippen LogP contribution in [-0.2, 0) is 4.79 Å². The van der Waals surface area contributed by atoms with Gasteiger partial charge in [-0.15, -0.1) is 11.3 Å². The largest absolute Gasteiger partial charge is 0.504 e. The molecular weight excluding hydrogens is 418 g/mol. The van der Waals surface area contributed by atoms with Gasteiger partial charge in [0.15, 0.2) is 11.4 Å². The number of rotatable bonds is 4. The highest BCUT2D eigenvalue weighted by Gasteiger charge is 2.28. The van der Waals surface area contributed by atoms with E-state index in [0.29, 0.717) is 36.5 Å². The molecule has 3 aromatic rings. The molecule has 1 aliphatic rings. The first-order valence-electron chi connectivity index (χ1n) is 9.80. The molecule has 1 saturated heterocycles. The number of hydrazine groups is 1. The number of piperidine rings is 1. The molecule has 10 heteroatoms. The van der Waals surface area contributed by atoms with Gasteiger partial charge < -0.3 is 10.0 Å². The normalized spacial score (nSPS) is 14.3. The highest BCUT2D eigenvalue weighted by atomic mass is 32.1. The van der Waals surface area contributed by atoms with E-state index in [-0.39, 0.29) is 29.2 Å². The predicted octanol–water partition coefficient (Wildman–Crippen LogP) is 1.95. The summed E-state index contributed by atoms with van der Waals surface area (Å²) >= 11 is 1.40. The Morgan fingerprint density at radius 2 is 1.77 bits per heavy atom. The van der Waals surface area contributed by atoms with Gasteiger partial charge in [-0.25, -0.2) is 4.68 Å². The van der Waals surface area contributed by atoms with Crippen LogP contribution in [-0.4, -0.2) is 50.6 Å². The number of carbonyl (C=O) groups excluding carboxylic acids is 3. The Morgan fingerprint density at radius 3 is 2.45 bits per heavy atom. The van der Waals surface area contributed by atoms with Crippen LogP contribution in [0.2, 0.25) is 0 Å². The molecule has 0 unspecified atom stereocenters. The maximum Gasteiger partial charge on any atom is 0.294 e. The number of nitrogens with zero attached hydrogens (tertiary/aromatic N) is 3. The number of thiophene rings is 1. The molecule has 0 radical (unpaired) electrons. The summed E-state index contributed by atoms with van der Waals surface area (Å²) in [4.78, 5) is 39.6. The summed E-state index contributed by atoms with van der Waals surface area (Å²) in [6.45, 7) is 0.954. The van der Waals surface area contributed by atoms with Crippen LogP contribution in [0.15, 0.2) is 54.0 Å². The fourth-order valence-electron chi connectivity index (χ4n) is 3.42. The Hall–Kier alpha value is -3.66. The van der Waals surface area contributed by atoms with E-state index >= 15 is 0 Å². The summed E-state index contributed by atoms with van der Waals surface area (Å²) in [6, 6.07) is 12.7. The summed E-state index contributed by atoms with van der Waals surface area (Å²) in [6.07, 6.45) is 2.34. The van der Waals surface area contributed by atoms with Crippen molar-refractivity contribution in [3.63, 3.8) is 0 Å². The van der Waals surface area contributed by atoms with E-state index in [0.717, 1.165) is 0 Å². The first-order valence-corrected chi connectivity index (χ1v) is 10.7. The lowest BCUT2D eigenvalue weighted by molar-refractivity contribution is -0.127. The smallest absolute Gasteiger partial charge is 0.294 e. The molecule has 1 aliphatic heterocycles. The molecule has 160 valence electrons. The van der Waals surface area contributed by atoms with Crippen molar-refractivity contribution >= 4 is 29.1 Å². The van der Waals surface area contributed by atoms with E-state index in [2.05, 4.69) is 16.0 Å². The molecule has 31 heavy (non-hydrogen) atoms. The standard InChI is InChI=1S/C21H21N5O4S/c27-16-13-26(15-5-2-1-3-6-15)24-18(16)20(29)23-22-19(28)14-8-10-25(11-9-14)21(30)17-7-4-12-31-17/h1-7,12-14,27H,8-11H2,(H,22,28)(H,23,29). The van der Waals surface area contributed by atoms with Crippen molar-refractivity contribution in [3.05, 3.63) is 64.6 Å². The Kier molecular flexibility index (Phi) is 5.99. The van der Waals surface area contributed by atoms with Crippen molar-refractivity contribution in [2.24, 2.45) is 5.92 Å². The lowest BCUT2D eigenvalue weighted by Gasteiger charge is -2.31. The number of likely N-dealkylation sites (tertiary alicyclic amines) is 1. The van der Waals surface area contributed by atoms with Crippen molar-refractivity contribution < 1.29 is 19.5 Å². The molecule has 4 rings (SSSR count). The molecule has 3 heterocycles. The molecule has 0 bridgehead atoms. The van der Waals surface area contributed by atoms with Gasteiger partial charge in [-0.1, -0.05) is 24.3 Å². The number of hydrogen-bond acceptors (Lipinski definition) is 6. The zero-order valence-electron chi connectivity index (χ0n) is 16.5. The van der Waals surface area contributed by atoms with Crippen LogP contribution in [0, 0.1) is 5.92 Å². The van der Waals surface area contributed by atoms with Gasteiger partial charge in [0, 0.05) is 19.0 Å². The van der Waals surface area contributed by atoms with E-state index < -0.39 is 5.91 Å². The maximum atomic E-state index is 12.4. The number of aromatic hydroxyl groups is 1. The Morgan fingerprint density at radius 1 is 1.03 bits per heavy atom. The zero-order chi connectivity index (χ0) is 21.8. The number of hydrogen-bond donors (Lipinski definition) is 3. The molecule has 3 N–H and O–H groups in total. The third-order valence-corrected chi connectivity index (χ3v) is 5.97. The topological polar surface area (TPSA) is 117 Å². The summed E-state index contributed by atoms with van der Waals surface area (Å²) in [5.41, 5.74) is 5.19. The summed E-state index contributed by atoms with van der Waals surface area (Å²) in [7, 11) is 0. The minimum atomic E-state index is -0.717. The number of para-hydroxylation sites is 1. The minimum Gasteiger partial charge on any atom is -0.504 e. The van der Waals surface area contributed by atoms with Crippen molar-refractivity contribution in [2.75, 3.05) is 13.1 Å². The van der Waals surface area contributed by atoms with Gasteiger partial charge in [-0.05, 0) is 36.4 Å². The van der Waals surface area contributed by atoms with Gasteiger partial charge in [-0.2, -0.15) is 5.10 Å². The van der Waals surface area contributed by atoms with Crippen molar-refractivity contribution in [3.8, 4) is 11.4 Å². The van der Waals surface area contributed by atoms with Crippen LogP contribution >= 0.6 is 11.3 Å². The molecule has 3 amide bonds. The molecule has 0 aliphatic carbocycles. The fourth-order valence-corrected chi connectivity index (χ4v) is 4.11. The van der Waals surface area contributed by atoms with Gasteiger partial charge >= 0.3 is 0 Å². The van der Waals surface area contributed by atoms with Gasteiger partial charge in [0.2, 0.25) is 5.91 Å². The number of aromatic nitrogens is 2. The number of nitrogens with one attached hydrogen (secondary N) is 2. The third-order valence-electron chi connectivity index (χ3n) is 5.11. The van der Waals surface area contributed by atoms with Gasteiger partial charge in [0.1, 0.15) is 0 Å². The van der Waals surface area contributed by atoms with Crippen LogP contribution < -0.4 is 10.9 Å². The van der Waals surface area contributed by atoms with Gasteiger partial charge in [-0.3, -0.25) is 25.2 Å². The highest BCUT2D eigenvalue weighted by molar-refractivity contribution is 7.12. The van der Waals surface area contributed by atoms with E-state index in [4.69, 9.17) is 0 Å². The molecule has 1 aromatic carbocycles. The summed E-state index contributed by atoms with van der Waals surface area (Å²) in [5.74, 6) is -1.69. The van der Waals surface area contributed by atoms with Crippen LogP contribution in [0.5, 0.6) is 5.75 Å². The lowest BCUT2D eigenvalue weighted by Crippen LogP contribution is -2.48. The molecular formula is C21H21N5O4S. The first-order chi connectivity index (χ1) is 15.0. The Bertz CT molecular complexity index is 1070. The second-order valence-electron chi connectivity index (χ2n) is 7.13. The van der Waals surface area contributed by atoms with Gasteiger partial charge in [0.25, 0.3) is 11.8 Å². The summed E-state index contributed by atoms with van der Waals surface area (Å²) in [5, 5.41) is 16.0. The van der Waals surface area contributed by atoms with E-state index in [9.17, 15) is 19.5 Å². The number of carbonyl (C=O) groups is 3. The maximum absolute atomic E-state index is 12.4. The molecule has 9 nitrogen and oxygen atoms in total. The molecule has 1 fully saturated rings. The van der Waals surface area contributed by atoms with Crippen molar-refractivity contribution in [2.45, 2.75) is 12.8 Å². The van der Waals surface area contributed by atoms with Gasteiger partial charge in [0.05, 0.1) is 16.8 Å². The molecule has 0 atom stereocenters. The average molecular weight is 439 g/mol. The Labute approximate surface area is 182 Å². The van der Waals surface area contributed by atoms with Crippen LogP contribution in [0.4, 0.5) is 0 Å². The van der Waals surface area contributed by atoms with Crippen molar-refractivity contribution in [1.29, 1.82) is 0 Å². The second-order valence-corrected chi connectivity index (χ2v) is 8.08. The monoisotopic (exact) mass is 439 g/mol. The first kappa shape index (κ1) is 20.6. The molecule has 0 saturated carbocycles. The number of amides is 3. The predicted molar refractivity (Wildman–Crippen MR) is 114 cm³/mol. The minimum absolute atomic E-state index is 0.0216. The van der Waals surface area contributed by atoms with E-state index in [1.54, 1.807) is 23.1 Å². The highest BCUT2D eigenvalue weighted by Crippen LogP contribution is 2.21. The van der Waals surface area contributed by atoms with E-state index in [1.165, 1.54) is 22.2 Å². The van der Waals surface area contributed by atoms with Crippen LogP contribution in [0.3, 0.4) is 0 Å². The quantitative estimate of drug-likeness (QED) is 0.538. The average Bonchev–Trinajstić information content (AvgIpc) is 3.48. The third kappa shape index (κ3) is 4.58. The fraction of sp³-hybridized carbons (Fsp3) is 0.238. The molecule has 0 spiro atoms. The summed E-state index contributed by atoms with van der Waals surface area (Å²) < 4.78 is 1.38. The second kappa shape index (κ2) is 9.00. The van der Waals surface area contributed by atoms with Crippen molar-refractivity contribution in [1.82, 2.24) is 25.5 Å². The van der Waals surface area contributed by atoms with Crippen LogP contribution in [0.1, 0.15) is 33.0 Å². The molecule has 2 aromatic heterocycles. The lowest BCUT2D eigenvalue weighted by atomic mass is 9.96. The SMILES string of the molecule is O=C(NNC(=O)C1CCN(C(=O)c2cccs2)CC1)c1nn(-c2ccccc2)cc1O. The zero-order valence-corrected chi connectivity index (χ0v) is 17.3. The number of benzene rings is 1.